The number of carbonyl (C=O) groups is 1. The summed E-state index contributed by atoms with van der Waals surface area (Å²) in [7, 11) is 0. The molecule has 0 radical (unpaired) electrons. The van der Waals surface area contributed by atoms with Crippen molar-refractivity contribution >= 4 is 5.91 Å². The van der Waals surface area contributed by atoms with Gasteiger partial charge in [-0.05, 0) is 70.5 Å². The summed E-state index contributed by atoms with van der Waals surface area (Å²) < 4.78 is 5.60. The lowest BCUT2D eigenvalue weighted by Crippen LogP contribution is -2.41. The molecule has 1 amide bonds. The molecule has 0 aromatic rings. The van der Waals surface area contributed by atoms with E-state index in [0.29, 0.717) is 11.8 Å². The molecule has 2 rings (SSSR count). The summed E-state index contributed by atoms with van der Waals surface area (Å²) >= 11 is 0. The predicted octanol–water partition coefficient (Wildman–Crippen LogP) is 2.04. The van der Waals surface area contributed by atoms with Crippen molar-refractivity contribution in [1.29, 1.82) is 0 Å². The Hall–Kier alpha value is -0.610. The summed E-state index contributed by atoms with van der Waals surface area (Å²) in [5.41, 5.74) is 0. The topological polar surface area (TPSA) is 41.6 Å². The lowest BCUT2D eigenvalue weighted by Gasteiger charge is -2.31. The molecule has 2 aliphatic rings. The Morgan fingerprint density at radius 3 is 2.55 bits per heavy atom. The lowest BCUT2D eigenvalue weighted by atomic mass is 9.96. The van der Waals surface area contributed by atoms with Crippen molar-refractivity contribution in [3.05, 3.63) is 0 Å². The maximum Gasteiger partial charge on any atom is 0.248 e. The van der Waals surface area contributed by atoms with Crippen LogP contribution in [-0.4, -0.2) is 49.7 Å². The van der Waals surface area contributed by atoms with Crippen molar-refractivity contribution in [1.82, 2.24) is 10.2 Å². The van der Waals surface area contributed by atoms with Crippen LogP contribution in [0.4, 0.5) is 0 Å². The smallest absolute Gasteiger partial charge is 0.248 e. The number of amides is 1. The molecule has 20 heavy (non-hydrogen) atoms. The first-order valence-electron chi connectivity index (χ1n) is 8.30. The summed E-state index contributed by atoms with van der Waals surface area (Å²) in [6.45, 7) is 9.24. The molecule has 4 nitrogen and oxygen atoms in total. The van der Waals surface area contributed by atoms with E-state index in [-0.39, 0.29) is 12.0 Å². The van der Waals surface area contributed by atoms with Crippen molar-refractivity contribution in [2.75, 3.05) is 32.8 Å². The van der Waals surface area contributed by atoms with Crippen LogP contribution in [0.2, 0.25) is 0 Å². The molecule has 0 aromatic heterocycles. The summed E-state index contributed by atoms with van der Waals surface area (Å²) in [6, 6.07) is 0. The van der Waals surface area contributed by atoms with Gasteiger partial charge in [0.2, 0.25) is 5.91 Å². The summed E-state index contributed by atoms with van der Waals surface area (Å²) in [4.78, 5) is 14.5. The number of piperidine rings is 1. The Labute approximate surface area is 123 Å². The van der Waals surface area contributed by atoms with Gasteiger partial charge in [-0.2, -0.15) is 0 Å². The van der Waals surface area contributed by atoms with Crippen LogP contribution >= 0.6 is 0 Å². The third kappa shape index (κ3) is 5.41. The fourth-order valence-corrected chi connectivity index (χ4v) is 2.76. The third-order valence-electron chi connectivity index (χ3n) is 4.46. The molecule has 1 unspecified atom stereocenters. The van der Waals surface area contributed by atoms with Crippen molar-refractivity contribution in [2.45, 2.75) is 52.1 Å². The van der Waals surface area contributed by atoms with Gasteiger partial charge in [0.25, 0.3) is 0 Å². The molecule has 0 aromatic carbocycles. The highest BCUT2D eigenvalue weighted by atomic mass is 16.5. The second-order valence-corrected chi connectivity index (χ2v) is 6.45. The number of nitrogens with one attached hydrogen (secondary N) is 1. The summed E-state index contributed by atoms with van der Waals surface area (Å²) in [6.07, 6.45) is 5.89. The molecule has 1 aliphatic heterocycles. The van der Waals surface area contributed by atoms with Crippen LogP contribution in [0.3, 0.4) is 0 Å². The number of likely N-dealkylation sites (tertiary alicyclic amines) is 1. The van der Waals surface area contributed by atoms with Crippen LogP contribution in [0.25, 0.3) is 0 Å². The first-order chi connectivity index (χ1) is 9.69. The van der Waals surface area contributed by atoms with Crippen LogP contribution in [-0.2, 0) is 9.53 Å². The van der Waals surface area contributed by atoms with E-state index >= 15 is 0 Å². The molecule has 1 saturated heterocycles. The van der Waals surface area contributed by atoms with Gasteiger partial charge in [0, 0.05) is 6.54 Å². The van der Waals surface area contributed by atoms with Crippen LogP contribution in [0.1, 0.15) is 46.0 Å². The molecular formula is C16H30N2O2. The molecule has 4 heteroatoms. The van der Waals surface area contributed by atoms with Crippen molar-refractivity contribution < 1.29 is 9.53 Å². The fourth-order valence-electron chi connectivity index (χ4n) is 2.76. The van der Waals surface area contributed by atoms with Crippen molar-refractivity contribution in [3.63, 3.8) is 0 Å². The molecular weight excluding hydrogens is 252 g/mol. The van der Waals surface area contributed by atoms with Gasteiger partial charge < -0.3 is 15.0 Å². The zero-order valence-corrected chi connectivity index (χ0v) is 13.1. The highest BCUT2D eigenvalue weighted by molar-refractivity contribution is 5.80. The predicted molar refractivity (Wildman–Crippen MR) is 80.6 cm³/mol. The maximum atomic E-state index is 11.9. The molecule has 1 N–H and O–H groups in total. The second kappa shape index (κ2) is 7.99. The number of hydrogen-bond acceptors (Lipinski definition) is 3. The van der Waals surface area contributed by atoms with Gasteiger partial charge in [0.1, 0.15) is 6.10 Å². The monoisotopic (exact) mass is 282 g/mol. The van der Waals surface area contributed by atoms with Crippen LogP contribution in [0.15, 0.2) is 0 Å². The van der Waals surface area contributed by atoms with Crippen molar-refractivity contribution in [2.24, 2.45) is 11.8 Å². The molecule has 1 saturated carbocycles. The van der Waals surface area contributed by atoms with Crippen LogP contribution in [0, 0.1) is 11.8 Å². The minimum Gasteiger partial charge on any atom is -0.368 e. The minimum atomic E-state index is -0.296. The van der Waals surface area contributed by atoms with E-state index in [1.807, 2.05) is 6.92 Å². The number of ether oxygens (including phenoxy) is 1. The van der Waals surface area contributed by atoms with Crippen LogP contribution < -0.4 is 5.32 Å². The molecule has 0 bridgehead atoms. The SMILES string of the molecule is CCCN1CCC(CNC(=O)C(C)OCC2CC2)CC1. The van der Waals surface area contributed by atoms with E-state index in [2.05, 4.69) is 17.1 Å². The van der Waals surface area contributed by atoms with E-state index in [4.69, 9.17) is 4.74 Å². The summed E-state index contributed by atoms with van der Waals surface area (Å²) in [5, 5.41) is 3.06. The van der Waals surface area contributed by atoms with Gasteiger partial charge in [0.15, 0.2) is 0 Å². The van der Waals surface area contributed by atoms with Gasteiger partial charge in [-0.15, -0.1) is 0 Å². The molecule has 1 aliphatic carbocycles. The van der Waals surface area contributed by atoms with E-state index in [1.165, 1.54) is 51.7 Å². The molecule has 2 fully saturated rings. The van der Waals surface area contributed by atoms with E-state index in [9.17, 15) is 4.79 Å². The summed E-state index contributed by atoms with van der Waals surface area (Å²) in [5.74, 6) is 1.41. The third-order valence-corrected chi connectivity index (χ3v) is 4.46. The Kier molecular flexibility index (Phi) is 6.30. The van der Waals surface area contributed by atoms with Gasteiger partial charge in [-0.1, -0.05) is 6.92 Å². The van der Waals surface area contributed by atoms with E-state index < -0.39 is 0 Å². The molecule has 1 heterocycles. The first-order valence-corrected chi connectivity index (χ1v) is 8.30. The Morgan fingerprint density at radius 2 is 1.95 bits per heavy atom. The first kappa shape index (κ1) is 15.8. The highest BCUT2D eigenvalue weighted by Crippen LogP contribution is 2.29. The average molecular weight is 282 g/mol. The maximum absolute atomic E-state index is 11.9. The van der Waals surface area contributed by atoms with E-state index in [1.54, 1.807) is 0 Å². The van der Waals surface area contributed by atoms with Crippen LogP contribution in [0.5, 0.6) is 0 Å². The van der Waals surface area contributed by atoms with Gasteiger partial charge >= 0.3 is 0 Å². The normalized spacial score (nSPS) is 22.7. The quantitative estimate of drug-likeness (QED) is 0.741. The number of rotatable bonds is 8. The minimum absolute atomic E-state index is 0.0571. The standard InChI is InChI=1S/C16H30N2O2/c1-3-8-18-9-6-14(7-10-18)11-17-16(19)13(2)20-12-15-4-5-15/h13-15H,3-12H2,1-2H3,(H,17,19). The Morgan fingerprint density at radius 1 is 1.25 bits per heavy atom. The Balaban J connectivity index is 1.56. The Bertz CT molecular complexity index is 297. The molecule has 1 atom stereocenters. The number of nitrogens with zero attached hydrogens (tertiary/aromatic N) is 1. The average Bonchev–Trinajstić information content (AvgIpc) is 3.28. The van der Waals surface area contributed by atoms with E-state index in [0.717, 1.165) is 13.2 Å². The lowest BCUT2D eigenvalue weighted by molar-refractivity contribution is -0.132. The van der Waals surface area contributed by atoms with Crippen molar-refractivity contribution in [3.8, 4) is 0 Å². The van der Waals surface area contributed by atoms with Gasteiger partial charge in [0.05, 0.1) is 6.61 Å². The second-order valence-electron chi connectivity index (χ2n) is 6.45. The van der Waals surface area contributed by atoms with Gasteiger partial charge in [-0.3, -0.25) is 4.79 Å². The highest BCUT2D eigenvalue weighted by Gasteiger charge is 2.24. The largest absolute Gasteiger partial charge is 0.368 e. The fraction of sp³-hybridized carbons (Fsp3) is 0.938. The molecule has 0 spiro atoms. The molecule has 116 valence electrons. The number of carbonyl (C=O) groups excluding carboxylic acids is 1. The zero-order valence-electron chi connectivity index (χ0n) is 13.1. The zero-order chi connectivity index (χ0) is 14.4. The number of hydrogen-bond donors (Lipinski definition) is 1. The van der Waals surface area contributed by atoms with Gasteiger partial charge in [-0.25, -0.2) is 0 Å².